The van der Waals surface area contributed by atoms with Gasteiger partial charge < -0.3 is 24.8 Å². The molecule has 2 aromatic heterocycles. The van der Waals surface area contributed by atoms with Gasteiger partial charge in [-0.2, -0.15) is 0 Å². The second-order valence-corrected chi connectivity index (χ2v) is 9.04. The van der Waals surface area contributed by atoms with E-state index in [9.17, 15) is 4.79 Å². The van der Waals surface area contributed by atoms with Gasteiger partial charge in [-0.25, -0.2) is 0 Å². The Morgan fingerprint density at radius 3 is 2.36 bits per heavy atom. The number of rotatable bonds is 6. The number of aromatic nitrogens is 2. The fraction of sp³-hybridized carbons (Fsp3) is 0.179. The monoisotopic (exact) mass is 497 g/mol. The molecule has 1 saturated heterocycles. The Bertz CT molecular complexity index is 1380. The van der Waals surface area contributed by atoms with Crippen molar-refractivity contribution in [3.05, 3.63) is 102 Å². The summed E-state index contributed by atoms with van der Waals surface area (Å²) in [6.07, 6.45) is 1.80. The van der Waals surface area contributed by atoms with E-state index in [-0.39, 0.29) is 18.0 Å². The number of amides is 1. The third-order valence-corrected chi connectivity index (χ3v) is 6.62. The van der Waals surface area contributed by atoms with Gasteiger partial charge in [0.2, 0.25) is 5.91 Å². The number of hydrogen-bond donors (Lipinski definition) is 2. The highest BCUT2D eigenvalue weighted by atomic mass is 32.1. The second-order valence-electron chi connectivity index (χ2n) is 8.66. The third-order valence-electron chi connectivity index (χ3n) is 6.30. The lowest BCUT2D eigenvalue weighted by atomic mass is 10.0. The molecule has 1 aliphatic heterocycles. The molecule has 3 heterocycles. The van der Waals surface area contributed by atoms with Gasteiger partial charge in [0.25, 0.3) is 0 Å². The Balaban J connectivity index is 1.63. The van der Waals surface area contributed by atoms with Crippen LogP contribution < -0.4 is 20.3 Å². The molecule has 2 N–H and O–H groups in total. The third kappa shape index (κ3) is 4.43. The van der Waals surface area contributed by atoms with Crippen molar-refractivity contribution in [1.82, 2.24) is 14.9 Å². The first-order chi connectivity index (χ1) is 17.5. The molecule has 0 unspecified atom stereocenters. The average molecular weight is 498 g/mol. The minimum Gasteiger partial charge on any atom is -0.497 e. The van der Waals surface area contributed by atoms with Crippen LogP contribution in [0, 0.1) is 6.92 Å². The highest BCUT2D eigenvalue weighted by Crippen LogP contribution is 2.43. The lowest BCUT2D eigenvalue weighted by Crippen LogP contribution is -2.30. The molecule has 182 valence electrons. The summed E-state index contributed by atoms with van der Waals surface area (Å²) >= 11 is 5.87. The van der Waals surface area contributed by atoms with Crippen molar-refractivity contribution >= 4 is 34.6 Å². The number of carbonyl (C=O) groups is 1. The molecule has 8 heteroatoms. The first kappa shape index (κ1) is 23.6. The molecule has 0 spiro atoms. The van der Waals surface area contributed by atoms with Crippen LogP contribution in [0.2, 0.25) is 0 Å². The van der Waals surface area contributed by atoms with Gasteiger partial charge in [-0.05, 0) is 91.9 Å². The molecule has 1 fully saturated rings. The fourth-order valence-electron chi connectivity index (χ4n) is 4.72. The van der Waals surface area contributed by atoms with Crippen molar-refractivity contribution in [2.75, 3.05) is 17.3 Å². The Morgan fingerprint density at radius 2 is 1.72 bits per heavy atom. The van der Waals surface area contributed by atoms with E-state index in [4.69, 9.17) is 17.0 Å². The summed E-state index contributed by atoms with van der Waals surface area (Å²) in [5.41, 5.74) is 5.78. The second kappa shape index (κ2) is 9.83. The summed E-state index contributed by atoms with van der Waals surface area (Å²) in [6, 6.07) is 25.6. The SMILES string of the molecule is COc1ccc(-n2c(C)ccc2[C@@H]2[C@H](c3ccccn3)NC(=S)N2c2ccc(NC(C)=O)cc2)cc1. The van der Waals surface area contributed by atoms with Crippen molar-refractivity contribution in [2.24, 2.45) is 0 Å². The van der Waals surface area contributed by atoms with E-state index in [2.05, 4.69) is 56.3 Å². The zero-order chi connectivity index (χ0) is 25.2. The Hall–Kier alpha value is -4.17. The molecule has 36 heavy (non-hydrogen) atoms. The van der Waals surface area contributed by atoms with Gasteiger partial charge in [-0.1, -0.05) is 6.07 Å². The first-order valence-corrected chi connectivity index (χ1v) is 12.1. The summed E-state index contributed by atoms with van der Waals surface area (Å²) in [6.45, 7) is 3.59. The van der Waals surface area contributed by atoms with E-state index < -0.39 is 0 Å². The number of hydrogen-bond acceptors (Lipinski definition) is 4. The van der Waals surface area contributed by atoms with Gasteiger partial charge >= 0.3 is 0 Å². The highest BCUT2D eigenvalue weighted by molar-refractivity contribution is 7.80. The van der Waals surface area contributed by atoms with E-state index >= 15 is 0 Å². The molecular weight excluding hydrogens is 470 g/mol. The smallest absolute Gasteiger partial charge is 0.221 e. The molecule has 0 aliphatic carbocycles. The van der Waals surface area contributed by atoms with E-state index in [0.717, 1.165) is 39.9 Å². The van der Waals surface area contributed by atoms with Crippen LogP contribution in [0.1, 0.15) is 36.1 Å². The van der Waals surface area contributed by atoms with Gasteiger partial charge in [-0.15, -0.1) is 0 Å². The maximum atomic E-state index is 11.5. The van der Waals surface area contributed by atoms with Crippen LogP contribution in [0.4, 0.5) is 11.4 Å². The summed E-state index contributed by atoms with van der Waals surface area (Å²) < 4.78 is 7.61. The van der Waals surface area contributed by atoms with Crippen molar-refractivity contribution in [3.63, 3.8) is 0 Å². The molecule has 0 radical (unpaired) electrons. The van der Waals surface area contributed by atoms with Crippen molar-refractivity contribution < 1.29 is 9.53 Å². The lowest BCUT2D eigenvalue weighted by Gasteiger charge is -2.29. The molecule has 7 nitrogen and oxygen atoms in total. The van der Waals surface area contributed by atoms with Crippen LogP contribution in [-0.2, 0) is 4.79 Å². The van der Waals surface area contributed by atoms with E-state index in [1.165, 1.54) is 6.92 Å². The molecule has 1 aliphatic rings. The van der Waals surface area contributed by atoms with Crippen LogP contribution in [-0.4, -0.2) is 27.7 Å². The number of nitrogens with zero attached hydrogens (tertiary/aromatic N) is 3. The maximum absolute atomic E-state index is 11.5. The average Bonchev–Trinajstić information content (AvgIpc) is 3.44. The lowest BCUT2D eigenvalue weighted by molar-refractivity contribution is -0.114. The molecule has 1 amide bonds. The molecular formula is C28H27N5O2S. The minimum absolute atomic E-state index is 0.109. The predicted molar refractivity (Wildman–Crippen MR) is 146 cm³/mol. The van der Waals surface area contributed by atoms with Crippen LogP contribution in [0.15, 0.2) is 85.1 Å². The number of methoxy groups -OCH3 is 1. The highest BCUT2D eigenvalue weighted by Gasteiger charge is 2.42. The van der Waals surface area contributed by atoms with Gasteiger partial charge in [0, 0.05) is 41.6 Å². The van der Waals surface area contributed by atoms with Crippen LogP contribution in [0.25, 0.3) is 5.69 Å². The van der Waals surface area contributed by atoms with Crippen molar-refractivity contribution in [2.45, 2.75) is 25.9 Å². The van der Waals surface area contributed by atoms with Crippen LogP contribution in [0.5, 0.6) is 5.75 Å². The van der Waals surface area contributed by atoms with E-state index in [0.29, 0.717) is 5.11 Å². The number of ether oxygens (including phenoxy) is 1. The number of thiocarbonyl (C=S) groups is 1. The zero-order valence-corrected chi connectivity index (χ0v) is 21.1. The topological polar surface area (TPSA) is 71.4 Å². The summed E-state index contributed by atoms with van der Waals surface area (Å²) in [4.78, 5) is 18.3. The molecule has 0 bridgehead atoms. The standard InChI is InChI=1S/C28H27N5O2S/c1-18-7-16-25(32(18)21-12-14-23(35-3)15-13-21)27-26(24-6-4-5-17-29-24)31-28(36)33(27)22-10-8-20(9-11-22)30-19(2)34/h4-17,26-27H,1-3H3,(H,30,34)(H,31,36)/t26-,27+/m0/s1. The van der Waals surface area contributed by atoms with E-state index in [1.54, 1.807) is 13.3 Å². The van der Waals surface area contributed by atoms with Crippen LogP contribution in [0.3, 0.4) is 0 Å². The molecule has 5 rings (SSSR count). The van der Waals surface area contributed by atoms with Crippen LogP contribution >= 0.6 is 12.2 Å². The number of carbonyl (C=O) groups excluding carboxylic acids is 1. The van der Waals surface area contributed by atoms with Gasteiger partial charge in [0.15, 0.2) is 5.11 Å². The normalized spacial score (nSPS) is 17.1. The summed E-state index contributed by atoms with van der Waals surface area (Å²) in [5.74, 6) is 0.697. The Labute approximate surface area is 215 Å². The van der Waals surface area contributed by atoms with E-state index in [1.807, 2.05) is 54.6 Å². The Kier molecular flexibility index (Phi) is 6.43. The predicted octanol–water partition coefficient (Wildman–Crippen LogP) is 5.32. The number of anilines is 2. The van der Waals surface area contributed by atoms with Gasteiger partial charge in [0.1, 0.15) is 11.8 Å². The molecule has 0 saturated carbocycles. The number of benzene rings is 2. The molecule has 2 aromatic carbocycles. The fourth-order valence-corrected chi connectivity index (χ4v) is 5.06. The molecule has 4 aromatic rings. The first-order valence-electron chi connectivity index (χ1n) is 11.7. The van der Waals surface area contributed by atoms with Gasteiger partial charge in [-0.3, -0.25) is 9.78 Å². The zero-order valence-electron chi connectivity index (χ0n) is 20.3. The summed E-state index contributed by atoms with van der Waals surface area (Å²) in [7, 11) is 1.67. The quantitative estimate of drug-likeness (QED) is 0.351. The maximum Gasteiger partial charge on any atom is 0.221 e. The number of pyridine rings is 1. The van der Waals surface area contributed by atoms with Crippen molar-refractivity contribution in [3.8, 4) is 11.4 Å². The largest absolute Gasteiger partial charge is 0.497 e. The number of nitrogens with one attached hydrogen (secondary N) is 2. The molecule has 2 atom stereocenters. The Morgan fingerprint density at radius 1 is 1.00 bits per heavy atom. The minimum atomic E-state index is -0.171. The summed E-state index contributed by atoms with van der Waals surface area (Å²) in [5, 5.41) is 6.95. The number of aryl methyl sites for hydroxylation is 1. The van der Waals surface area contributed by atoms with Gasteiger partial charge in [0.05, 0.1) is 18.8 Å². The van der Waals surface area contributed by atoms with Crippen molar-refractivity contribution in [1.29, 1.82) is 0 Å².